The van der Waals surface area contributed by atoms with Crippen molar-refractivity contribution in [1.82, 2.24) is 4.57 Å². The minimum Gasteiger partial charge on any atom is -0.448 e. The number of nitrogens with one attached hydrogen (secondary N) is 1. The lowest BCUT2D eigenvalue weighted by atomic mass is 9.97. The van der Waals surface area contributed by atoms with E-state index < -0.39 is 18.0 Å². The number of esters is 1. The van der Waals surface area contributed by atoms with Gasteiger partial charge in [0.15, 0.2) is 6.10 Å². The standard InChI is InChI=1S/C27H23ClN2O4/c1-3-22(25(31)29-19-13-9-12-18(28)16-19)34-27(33)24-23(17-10-5-4-6-11-17)20-14-7-8-15-21(20)26(32)30(24)2/h4-16,22H,3H2,1-2H3,(H,29,31). The minimum absolute atomic E-state index is 0.0869. The van der Waals surface area contributed by atoms with Crippen LogP contribution >= 0.6 is 11.6 Å². The second-order valence-electron chi connectivity index (χ2n) is 7.80. The van der Waals surface area contributed by atoms with Crippen LogP contribution in [0.3, 0.4) is 0 Å². The Morgan fingerprint density at radius 3 is 2.32 bits per heavy atom. The molecule has 0 bridgehead atoms. The summed E-state index contributed by atoms with van der Waals surface area (Å²) in [6, 6.07) is 23.2. The average Bonchev–Trinajstić information content (AvgIpc) is 2.85. The van der Waals surface area contributed by atoms with Gasteiger partial charge in [-0.25, -0.2) is 4.79 Å². The van der Waals surface area contributed by atoms with Crippen LogP contribution in [0, 0.1) is 0 Å². The van der Waals surface area contributed by atoms with Crippen molar-refractivity contribution in [2.75, 3.05) is 5.32 Å². The van der Waals surface area contributed by atoms with Crippen molar-refractivity contribution < 1.29 is 14.3 Å². The highest BCUT2D eigenvalue weighted by Crippen LogP contribution is 2.31. The van der Waals surface area contributed by atoms with Gasteiger partial charge in [0, 0.05) is 28.7 Å². The van der Waals surface area contributed by atoms with Gasteiger partial charge in [-0.3, -0.25) is 9.59 Å². The van der Waals surface area contributed by atoms with E-state index in [0.717, 1.165) is 5.56 Å². The van der Waals surface area contributed by atoms with Gasteiger partial charge in [-0.05, 0) is 41.6 Å². The number of fused-ring (bicyclic) bond motifs is 1. The minimum atomic E-state index is -1.06. The maximum atomic E-state index is 13.5. The van der Waals surface area contributed by atoms with E-state index in [1.807, 2.05) is 36.4 Å². The fraction of sp³-hybridized carbons (Fsp3) is 0.148. The van der Waals surface area contributed by atoms with E-state index in [2.05, 4.69) is 5.32 Å². The number of nitrogens with zero attached hydrogens (tertiary/aromatic N) is 1. The molecule has 0 spiro atoms. The first-order valence-corrected chi connectivity index (χ1v) is 11.2. The smallest absolute Gasteiger partial charge is 0.356 e. The van der Waals surface area contributed by atoms with Crippen LogP contribution in [0.5, 0.6) is 0 Å². The Kier molecular flexibility index (Phi) is 6.80. The number of pyridine rings is 1. The number of carbonyl (C=O) groups excluding carboxylic acids is 2. The van der Waals surface area contributed by atoms with Crippen LogP contribution in [0.25, 0.3) is 21.9 Å². The Morgan fingerprint density at radius 1 is 0.971 bits per heavy atom. The zero-order valence-corrected chi connectivity index (χ0v) is 19.5. The maximum absolute atomic E-state index is 13.5. The summed E-state index contributed by atoms with van der Waals surface area (Å²) in [5, 5.41) is 4.33. The lowest BCUT2D eigenvalue weighted by Crippen LogP contribution is -2.34. The van der Waals surface area contributed by atoms with Crippen LogP contribution in [-0.4, -0.2) is 22.5 Å². The number of halogens is 1. The molecular formula is C27H23ClN2O4. The van der Waals surface area contributed by atoms with Gasteiger partial charge in [0.1, 0.15) is 5.69 Å². The molecule has 0 aliphatic heterocycles. The topological polar surface area (TPSA) is 77.4 Å². The molecule has 1 atom stereocenters. The maximum Gasteiger partial charge on any atom is 0.356 e. The van der Waals surface area contributed by atoms with Crippen LogP contribution < -0.4 is 10.9 Å². The summed E-state index contributed by atoms with van der Waals surface area (Å²) in [6.45, 7) is 1.74. The molecule has 34 heavy (non-hydrogen) atoms. The summed E-state index contributed by atoms with van der Waals surface area (Å²) >= 11 is 5.99. The molecule has 1 N–H and O–H groups in total. The molecule has 0 radical (unpaired) electrons. The fourth-order valence-electron chi connectivity index (χ4n) is 3.90. The number of benzene rings is 3. The van der Waals surface area contributed by atoms with E-state index in [1.165, 1.54) is 11.6 Å². The molecule has 0 aliphatic rings. The summed E-state index contributed by atoms with van der Waals surface area (Å²) < 4.78 is 6.94. The van der Waals surface area contributed by atoms with E-state index in [0.29, 0.717) is 27.0 Å². The molecule has 1 amide bonds. The third-order valence-electron chi connectivity index (χ3n) is 5.56. The van der Waals surface area contributed by atoms with Gasteiger partial charge in [0.25, 0.3) is 11.5 Å². The van der Waals surface area contributed by atoms with Crippen molar-refractivity contribution >= 4 is 39.9 Å². The van der Waals surface area contributed by atoms with Gasteiger partial charge in [-0.1, -0.05) is 73.1 Å². The first kappa shape index (κ1) is 23.3. The monoisotopic (exact) mass is 474 g/mol. The van der Waals surface area contributed by atoms with Crippen molar-refractivity contribution in [3.8, 4) is 11.1 Å². The molecule has 4 rings (SSSR count). The fourth-order valence-corrected chi connectivity index (χ4v) is 4.09. The Labute approximate surface area is 201 Å². The molecule has 1 unspecified atom stereocenters. The Morgan fingerprint density at radius 2 is 1.65 bits per heavy atom. The largest absolute Gasteiger partial charge is 0.448 e. The molecule has 1 heterocycles. The molecule has 3 aromatic carbocycles. The zero-order chi connectivity index (χ0) is 24.2. The molecule has 0 saturated carbocycles. The Bertz CT molecular complexity index is 1430. The van der Waals surface area contributed by atoms with Crippen LogP contribution in [0.4, 0.5) is 5.69 Å². The number of amides is 1. The highest BCUT2D eigenvalue weighted by Gasteiger charge is 2.27. The van der Waals surface area contributed by atoms with E-state index in [1.54, 1.807) is 49.4 Å². The van der Waals surface area contributed by atoms with Crippen LogP contribution in [0.1, 0.15) is 23.8 Å². The quantitative estimate of drug-likeness (QED) is 0.378. The first-order chi connectivity index (χ1) is 16.4. The molecule has 0 saturated heterocycles. The van der Waals surface area contributed by atoms with E-state index in [-0.39, 0.29) is 17.7 Å². The summed E-state index contributed by atoms with van der Waals surface area (Å²) in [7, 11) is 1.53. The Balaban J connectivity index is 1.75. The van der Waals surface area contributed by atoms with Crippen molar-refractivity contribution in [2.45, 2.75) is 19.4 Å². The summed E-state index contributed by atoms with van der Waals surface area (Å²) in [6.07, 6.45) is -0.808. The number of ether oxygens (including phenoxy) is 1. The molecule has 172 valence electrons. The molecule has 4 aromatic rings. The number of hydrogen-bond donors (Lipinski definition) is 1. The summed E-state index contributed by atoms with van der Waals surface area (Å²) in [5.41, 5.74) is 1.60. The van der Waals surface area contributed by atoms with Crippen molar-refractivity contribution in [2.24, 2.45) is 7.05 Å². The van der Waals surface area contributed by atoms with Gasteiger partial charge in [-0.2, -0.15) is 0 Å². The predicted molar refractivity (Wildman–Crippen MR) is 134 cm³/mol. The van der Waals surface area contributed by atoms with Crippen molar-refractivity contribution in [3.05, 3.63) is 99.9 Å². The van der Waals surface area contributed by atoms with E-state index in [9.17, 15) is 14.4 Å². The van der Waals surface area contributed by atoms with Gasteiger partial charge < -0.3 is 14.6 Å². The summed E-state index contributed by atoms with van der Waals surface area (Å²) in [4.78, 5) is 39.4. The Hall–Kier alpha value is -3.90. The van der Waals surface area contributed by atoms with Crippen LogP contribution in [0.15, 0.2) is 83.7 Å². The SMILES string of the molecule is CCC(OC(=O)c1c(-c2ccccc2)c2ccccc2c(=O)n1C)C(=O)Nc1cccc(Cl)c1. The highest BCUT2D eigenvalue weighted by molar-refractivity contribution is 6.30. The molecule has 1 aromatic heterocycles. The zero-order valence-electron chi connectivity index (χ0n) is 18.7. The molecule has 0 aliphatic carbocycles. The van der Waals surface area contributed by atoms with Gasteiger partial charge in [0.05, 0.1) is 0 Å². The highest BCUT2D eigenvalue weighted by atomic mass is 35.5. The number of anilines is 1. The third-order valence-corrected chi connectivity index (χ3v) is 5.80. The molecule has 0 fully saturated rings. The van der Waals surface area contributed by atoms with Crippen LogP contribution in [-0.2, 0) is 16.6 Å². The molecular weight excluding hydrogens is 452 g/mol. The van der Waals surface area contributed by atoms with Crippen molar-refractivity contribution in [3.63, 3.8) is 0 Å². The normalized spacial score (nSPS) is 11.7. The first-order valence-electron chi connectivity index (χ1n) is 10.8. The van der Waals surface area contributed by atoms with Gasteiger partial charge >= 0.3 is 5.97 Å². The number of aromatic nitrogens is 1. The molecule has 7 heteroatoms. The third kappa shape index (κ3) is 4.58. The van der Waals surface area contributed by atoms with E-state index in [4.69, 9.17) is 16.3 Å². The predicted octanol–water partition coefficient (Wildman–Crippen LogP) is 5.43. The number of carbonyl (C=O) groups is 2. The van der Waals surface area contributed by atoms with Crippen LogP contribution in [0.2, 0.25) is 5.02 Å². The summed E-state index contributed by atoms with van der Waals surface area (Å²) in [5.74, 6) is -1.23. The van der Waals surface area contributed by atoms with E-state index >= 15 is 0 Å². The second-order valence-corrected chi connectivity index (χ2v) is 8.24. The lowest BCUT2D eigenvalue weighted by molar-refractivity contribution is -0.124. The molecule has 6 nitrogen and oxygen atoms in total. The van der Waals surface area contributed by atoms with Gasteiger partial charge in [-0.15, -0.1) is 0 Å². The van der Waals surface area contributed by atoms with Crippen molar-refractivity contribution in [1.29, 1.82) is 0 Å². The number of rotatable bonds is 6. The number of hydrogen-bond acceptors (Lipinski definition) is 4. The van der Waals surface area contributed by atoms with Gasteiger partial charge in [0.2, 0.25) is 0 Å². The lowest BCUT2D eigenvalue weighted by Gasteiger charge is -2.20. The average molecular weight is 475 g/mol. The second kappa shape index (κ2) is 9.93.